The van der Waals surface area contributed by atoms with Gasteiger partial charge in [-0.1, -0.05) is 6.07 Å². The summed E-state index contributed by atoms with van der Waals surface area (Å²) in [5, 5.41) is 3.26. The van der Waals surface area contributed by atoms with Gasteiger partial charge in [-0.25, -0.2) is 4.39 Å². The van der Waals surface area contributed by atoms with E-state index in [1.54, 1.807) is 13.2 Å². The summed E-state index contributed by atoms with van der Waals surface area (Å²) in [4.78, 5) is 0. The van der Waals surface area contributed by atoms with E-state index in [0.717, 1.165) is 18.5 Å². The fraction of sp³-hybridized carbons (Fsp3) is 0.455. The molecule has 0 bridgehead atoms. The first-order valence-corrected chi connectivity index (χ1v) is 4.83. The first kappa shape index (κ1) is 9.46. The van der Waals surface area contributed by atoms with Gasteiger partial charge in [-0.2, -0.15) is 0 Å². The summed E-state index contributed by atoms with van der Waals surface area (Å²) in [5.74, 6) is -0.197. The Morgan fingerprint density at radius 1 is 1.43 bits per heavy atom. The predicted octanol–water partition coefficient (Wildman–Crippen LogP) is 2.42. The summed E-state index contributed by atoms with van der Waals surface area (Å²) < 4.78 is 18.0. The fourth-order valence-corrected chi connectivity index (χ4v) is 1.69. The molecule has 0 spiro atoms. The lowest BCUT2D eigenvalue weighted by Crippen LogP contribution is -2.40. The zero-order valence-electron chi connectivity index (χ0n) is 8.16. The molecule has 1 aromatic rings. The Morgan fingerprint density at radius 3 is 2.86 bits per heavy atom. The second-order valence-corrected chi connectivity index (χ2v) is 3.68. The van der Waals surface area contributed by atoms with Crippen LogP contribution in [0.5, 0.6) is 0 Å². The largest absolute Gasteiger partial charge is 0.382 e. The third-order valence-electron chi connectivity index (χ3n) is 2.62. The van der Waals surface area contributed by atoms with Gasteiger partial charge >= 0.3 is 0 Å². The summed E-state index contributed by atoms with van der Waals surface area (Å²) in [5.41, 5.74) is 0.851. The molecule has 0 amide bonds. The Kier molecular flexibility index (Phi) is 2.68. The quantitative estimate of drug-likeness (QED) is 0.799. The minimum Gasteiger partial charge on any atom is -0.382 e. The van der Waals surface area contributed by atoms with Crippen molar-refractivity contribution in [1.29, 1.82) is 0 Å². The number of hydrogen-bond donors (Lipinski definition) is 1. The molecule has 1 aliphatic carbocycles. The summed E-state index contributed by atoms with van der Waals surface area (Å²) in [7, 11) is 1.73. The lowest BCUT2D eigenvalue weighted by molar-refractivity contribution is 0.0329. The Balaban J connectivity index is 1.87. The van der Waals surface area contributed by atoms with Crippen molar-refractivity contribution in [2.45, 2.75) is 25.0 Å². The van der Waals surface area contributed by atoms with Crippen molar-refractivity contribution in [3.05, 3.63) is 30.1 Å². The molecule has 0 unspecified atom stereocenters. The Hall–Kier alpha value is -1.09. The van der Waals surface area contributed by atoms with Crippen molar-refractivity contribution in [1.82, 2.24) is 0 Å². The number of nitrogens with one attached hydrogen (secondary N) is 1. The monoisotopic (exact) mass is 195 g/mol. The van der Waals surface area contributed by atoms with Crippen LogP contribution in [0.15, 0.2) is 24.3 Å². The highest BCUT2D eigenvalue weighted by atomic mass is 19.1. The van der Waals surface area contributed by atoms with Crippen LogP contribution in [-0.4, -0.2) is 19.3 Å². The number of anilines is 1. The van der Waals surface area contributed by atoms with Gasteiger partial charge in [0.2, 0.25) is 0 Å². The third-order valence-corrected chi connectivity index (χ3v) is 2.62. The zero-order valence-corrected chi connectivity index (χ0v) is 8.16. The average Bonchev–Trinajstić information content (AvgIpc) is 2.10. The fourth-order valence-electron chi connectivity index (χ4n) is 1.69. The molecule has 0 aromatic heterocycles. The number of hydrogen-bond acceptors (Lipinski definition) is 2. The van der Waals surface area contributed by atoms with Gasteiger partial charge in [0.05, 0.1) is 6.10 Å². The first-order chi connectivity index (χ1) is 6.78. The summed E-state index contributed by atoms with van der Waals surface area (Å²) >= 11 is 0. The molecule has 3 heteroatoms. The lowest BCUT2D eigenvalue weighted by Gasteiger charge is -2.35. The van der Waals surface area contributed by atoms with Gasteiger partial charge in [-0.15, -0.1) is 0 Å². The molecule has 2 rings (SSSR count). The molecule has 0 saturated heterocycles. The van der Waals surface area contributed by atoms with E-state index >= 15 is 0 Å². The average molecular weight is 195 g/mol. The maximum absolute atomic E-state index is 12.8. The Labute approximate surface area is 83.1 Å². The molecule has 1 N–H and O–H groups in total. The van der Waals surface area contributed by atoms with E-state index in [4.69, 9.17) is 4.74 Å². The minimum atomic E-state index is -0.197. The summed E-state index contributed by atoms with van der Waals surface area (Å²) in [6.07, 6.45) is 2.39. The van der Waals surface area contributed by atoms with E-state index in [0.29, 0.717) is 12.1 Å². The van der Waals surface area contributed by atoms with Crippen LogP contribution in [0, 0.1) is 5.82 Å². The standard InChI is InChI=1S/C11H14FNO/c1-14-11-6-10(7-11)13-9-4-2-3-8(12)5-9/h2-5,10-11,13H,6-7H2,1H3. The second-order valence-electron chi connectivity index (χ2n) is 3.68. The maximum atomic E-state index is 12.8. The van der Waals surface area contributed by atoms with Gasteiger partial charge in [0.1, 0.15) is 5.82 Å². The van der Waals surface area contributed by atoms with Crippen LogP contribution in [0.25, 0.3) is 0 Å². The van der Waals surface area contributed by atoms with Gasteiger partial charge in [-0.05, 0) is 31.0 Å². The molecule has 1 aliphatic rings. The number of ether oxygens (including phenoxy) is 1. The van der Waals surface area contributed by atoms with Crippen molar-refractivity contribution in [2.75, 3.05) is 12.4 Å². The third kappa shape index (κ3) is 2.04. The van der Waals surface area contributed by atoms with Crippen LogP contribution in [0.1, 0.15) is 12.8 Å². The van der Waals surface area contributed by atoms with Gasteiger partial charge in [-0.3, -0.25) is 0 Å². The SMILES string of the molecule is COC1CC(Nc2cccc(F)c2)C1. The number of methoxy groups -OCH3 is 1. The molecule has 0 aliphatic heterocycles. The highest BCUT2D eigenvalue weighted by Crippen LogP contribution is 2.26. The first-order valence-electron chi connectivity index (χ1n) is 4.83. The van der Waals surface area contributed by atoms with Crippen molar-refractivity contribution in [3.63, 3.8) is 0 Å². The van der Waals surface area contributed by atoms with Gasteiger partial charge in [0.25, 0.3) is 0 Å². The minimum absolute atomic E-state index is 0.197. The van der Waals surface area contributed by atoms with Crippen molar-refractivity contribution >= 4 is 5.69 Å². The molecule has 14 heavy (non-hydrogen) atoms. The molecule has 0 radical (unpaired) electrons. The molecule has 2 nitrogen and oxygen atoms in total. The van der Waals surface area contributed by atoms with Crippen LogP contribution in [-0.2, 0) is 4.74 Å². The highest BCUT2D eigenvalue weighted by Gasteiger charge is 2.28. The van der Waals surface area contributed by atoms with Crippen molar-refractivity contribution in [2.24, 2.45) is 0 Å². The topological polar surface area (TPSA) is 21.3 Å². The number of rotatable bonds is 3. The van der Waals surface area contributed by atoms with E-state index in [9.17, 15) is 4.39 Å². The van der Waals surface area contributed by atoms with Crippen LogP contribution in [0.2, 0.25) is 0 Å². The van der Waals surface area contributed by atoms with Gasteiger partial charge in [0, 0.05) is 18.8 Å². The molecule has 0 atom stereocenters. The molecule has 1 aromatic carbocycles. The van der Waals surface area contributed by atoms with Crippen LogP contribution < -0.4 is 5.32 Å². The van der Waals surface area contributed by atoms with E-state index in [2.05, 4.69) is 5.32 Å². The normalized spacial score (nSPS) is 25.6. The molecule has 76 valence electrons. The molecular weight excluding hydrogens is 181 g/mol. The molecule has 0 heterocycles. The van der Waals surface area contributed by atoms with E-state index in [1.807, 2.05) is 6.07 Å². The smallest absolute Gasteiger partial charge is 0.125 e. The zero-order chi connectivity index (χ0) is 9.97. The van der Waals surface area contributed by atoms with Gasteiger partial charge in [0.15, 0.2) is 0 Å². The maximum Gasteiger partial charge on any atom is 0.125 e. The summed E-state index contributed by atoms with van der Waals surface area (Å²) in [6.45, 7) is 0. The van der Waals surface area contributed by atoms with E-state index < -0.39 is 0 Å². The molecule has 1 saturated carbocycles. The van der Waals surface area contributed by atoms with Crippen LogP contribution >= 0.6 is 0 Å². The van der Waals surface area contributed by atoms with Crippen molar-refractivity contribution in [3.8, 4) is 0 Å². The Morgan fingerprint density at radius 2 is 2.21 bits per heavy atom. The van der Waals surface area contributed by atoms with E-state index in [-0.39, 0.29) is 5.82 Å². The molecular formula is C11H14FNO. The van der Waals surface area contributed by atoms with E-state index in [1.165, 1.54) is 12.1 Å². The lowest BCUT2D eigenvalue weighted by atomic mass is 9.89. The predicted molar refractivity (Wildman–Crippen MR) is 53.8 cm³/mol. The number of benzene rings is 1. The Bertz CT molecular complexity index is 310. The van der Waals surface area contributed by atoms with Gasteiger partial charge < -0.3 is 10.1 Å². The van der Waals surface area contributed by atoms with Crippen LogP contribution in [0.3, 0.4) is 0 Å². The highest BCUT2D eigenvalue weighted by molar-refractivity contribution is 5.44. The summed E-state index contributed by atoms with van der Waals surface area (Å²) in [6, 6.07) is 6.99. The molecule has 1 fully saturated rings. The second kappa shape index (κ2) is 3.96. The van der Waals surface area contributed by atoms with Crippen LogP contribution in [0.4, 0.5) is 10.1 Å². The number of halogens is 1. The van der Waals surface area contributed by atoms with Crippen molar-refractivity contribution < 1.29 is 9.13 Å².